The lowest BCUT2D eigenvalue weighted by atomic mass is 9.65. The average Bonchev–Trinajstić information content (AvgIpc) is 3.72. The zero-order valence-electron chi connectivity index (χ0n) is 23.9. The molecule has 4 aliphatic heterocycles. The van der Waals surface area contributed by atoms with Gasteiger partial charge in [-0.2, -0.15) is 0 Å². The van der Waals surface area contributed by atoms with Gasteiger partial charge in [-0.1, -0.05) is 30.4 Å². The zero-order chi connectivity index (χ0) is 28.5. The molecule has 2 saturated heterocycles. The van der Waals surface area contributed by atoms with E-state index in [2.05, 4.69) is 24.3 Å². The molecule has 4 atom stereocenters. The van der Waals surface area contributed by atoms with Crippen molar-refractivity contribution in [2.45, 2.75) is 50.4 Å². The maximum absolute atomic E-state index is 14.1. The van der Waals surface area contributed by atoms with E-state index in [1.807, 2.05) is 40.1 Å². The Labute approximate surface area is 246 Å². The van der Waals surface area contributed by atoms with Crippen LogP contribution in [0.4, 0.5) is 0 Å². The lowest BCUT2D eigenvalue weighted by Crippen LogP contribution is -2.44. The van der Waals surface area contributed by atoms with Crippen molar-refractivity contribution in [2.24, 2.45) is 11.8 Å². The number of carbonyl (C=O) groups excluding carboxylic acids is 2. The molecule has 42 heavy (non-hydrogen) atoms. The molecule has 4 heterocycles. The van der Waals surface area contributed by atoms with Gasteiger partial charge in [-0.25, -0.2) is 0 Å². The van der Waals surface area contributed by atoms with Crippen LogP contribution in [0.5, 0.6) is 23.0 Å². The van der Waals surface area contributed by atoms with Gasteiger partial charge in [0.2, 0.25) is 25.4 Å². The Hall–Kier alpha value is -3.94. The summed E-state index contributed by atoms with van der Waals surface area (Å²) >= 11 is 0. The third-order valence-electron chi connectivity index (χ3n) is 9.39. The van der Waals surface area contributed by atoms with E-state index < -0.39 is 0 Å². The molecule has 1 aliphatic carbocycles. The van der Waals surface area contributed by atoms with Gasteiger partial charge in [0.1, 0.15) is 0 Å². The Balaban J connectivity index is 1.31. The van der Waals surface area contributed by atoms with Crippen LogP contribution < -0.4 is 18.9 Å². The SMILES string of the molecule is O=C(/C=C/[C@H]1[C@H](c2ccc3c(c2)OCO3)[C@H](c2ccc3c(c2)OCO3)C=C[C@@H]1C(=O)N1CCCCC1)N1CCCCC1. The maximum atomic E-state index is 14.1. The predicted octanol–water partition coefficient (Wildman–Crippen LogP) is 5.39. The summed E-state index contributed by atoms with van der Waals surface area (Å²) in [5.74, 6) is 2.24. The van der Waals surface area contributed by atoms with Gasteiger partial charge in [0, 0.05) is 43.9 Å². The summed E-state index contributed by atoms with van der Waals surface area (Å²) < 4.78 is 22.7. The van der Waals surface area contributed by atoms with Crippen molar-refractivity contribution in [3.8, 4) is 23.0 Å². The van der Waals surface area contributed by atoms with E-state index in [4.69, 9.17) is 18.9 Å². The first-order valence-electron chi connectivity index (χ1n) is 15.4. The second-order valence-electron chi connectivity index (χ2n) is 11.9. The van der Waals surface area contributed by atoms with Crippen molar-refractivity contribution in [2.75, 3.05) is 39.8 Å². The van der Waals surface area contributed by atoms with Gasteiger partial charge in [0.15, 0.2) is 23.0 Å². The third-order valence-corrected chi connectivity index (χ3v) is 9.39. The number of amides is 2. The Bertz CT molecular complexity index is 1390. The number of piperidine rings is 2. The molecule has 220 valence electrons. The number of ether oxygens (including phenoxy) is 4. The van der Waals surface area contributed by atoms with E-state index in [0.717, 1.165) is 93.1 Å². The van der Waals surface area contributed by atoms with E-state index in [-0.39, 0.29) is 49.1 Å². The smallest absolute Gasteiger partial charge is 0.246 e. The lowest BCUT2D eigenvalue weighted by Gasteiger charge is -2.41. The fourth-order valence-corrected chi connectivity index (χ4v) is 7.16. The number of benzene rings is 2. The lowest BCUT2D eigenvalue weighted by molar-refractivity contribution is -0.136. The Kier molecular flexibility index (Phi) is 7.53. The van der Waals surface area contributed by atoms with E-state index in [0.29, 0.717) is 5.75 Å². The van der Waals surface area contributed by atoms with Gasteiger partial charge in [-0.3, -0.25) is 9.59 Å². The highest BCUT2D eigenvalue weighted by Gasteiger charge is 2.42. The van der Waals surface area contributed by atoms with Crippen LogP contribution in [0.2, 0.25) is 0 Å². The third kappa shape index (κ3) is 5.23. The van der Waals surface area contributed by atoms with Crippen molar-refractivity contribution in [1.29, 1.82) is 0 Å². The van der Waals surface area contributed by atoms with Gasteiger partial charge >= 0.3 is 0 Å². The number of rotatable bonds is 5. The highest BCUT2D eigenvalue weighted by Crippen LogP contribution is 2.50. The summed E-state index contributed by atoms with van der Waals surface area (Å²) in [6.07, 6.45) is 14.4. The average molecular weight is 571 g/mol. The fraction of sp³-hybridized carbons (Fsp3) is 0.471. The van der Waals surface area contributed by atoms with Crippen molar-refractivity contribution >= 4 is 11.8 Å². The van der Waals surface area contributed by atoms with Crippen LogP contribution in [0.3, 0.4) is 0 Å². The van der Waals surface area contributed by atoms with Crippen LogP contribution in [0.15, 0.2) is 60.7 Å². The van der Waals surface area contributed by atoms with Gasteiger partial charge < -0.3 is 28.7 Å². The molecule has 2 aromatic carbocycles. The normalized spacial score (nSPS) is 26.6. The molecule has 0 unspecified atom stereocenters. The molecule has 2 fully saturated rings. The van der Waals surface area contributed by atoms with Gasteiger partial charge in [0.25, 0.3) is 0 Å². The molecular formula is C34H38N2O6. The molecule has 8 heteroatoms. The number of hydrogen-bond acceptors (Lipinski definition) is 6. The largest absolute Gasteiger partial charge is 0.454 e. The highest BCUT2D eigenvalue weighted by atomic mass is 16.7. The molecule has 2 amide bonds. The molecule has 0 spiro atoms. The Morgan fingerprint density at radius 1 is 0.667 bits per heavy atom. The summed E-state index contributed by atoms with van der Waals surface area (Å²) in [5.41, 5.74) is 2.12. The van der Waals surface area contributed by atoms with Crippen LogP contribution in [0.1, 0.15) is 61.5 Å². The van der Waals surface area contributed by atoms with Crippen LogP contribution in [-0.4, -0.2) is 61.4 Å². The number of hydrogen-bond donors (Lipinski definition) is 0. The molecule has 7 rings (SSSR count). The van der Waals surface area contributed by atoms with Gasteiger partial charge in [-0.15, -0.1) is 0 Å². The molecule has 5 aliphatic rings. The van der Waals surface area contributed by atoms with Crippen molar-refractivity contribution in [1.82, 2.24) is 9.80 Å². The predicted molar refractivity (Wildman–Crippen MR) is 157 cm³/mol. The maximum Gasteiger partial charge on any atom is 0.246 e. The number of allylic oxidation sites excluding steroid dienone is 2. The zero-order valence-corrected chi connectivity index (χ0v) is 23.9. The standard InChI is InChI=1S/C34H38N2O6/c37-32(35-15-3-1-4-16-35)14-11-26-27(34(38)36-17-5-2-6-18-36)10-9-25(23-7-12-28-30(19-23)41-21-39-28)33(26)24-8-13-29-31(20-24)42-22-40-29/h7-14,19-20,25-27,33H,1-6,15-18,21-22H2/b14-11+/t25-,26+,27-,33+/m0/s1. The van der Waals surface area contributed by atoms with Gasteiger partial charge in [-0.05, 0) is 80.0 Å². The van der Waals surface area contributed by atoms with Gasteiger partial charge in [0.05, 0.1) is 5.92 Å². The molecule has 0 saturated carbocycles. The Morgan fingerprint density at radius 3 is 1.90 bits per heavy atom. The molecule has 0 N–H and O–H groups in total. The van der Waals surface area contributed by atoms with Crippen LogP contribution in [0.25, 0.3) is 0 Å². The highest BCUT2D eigenvalue weighted by molar-refractivity contribution is 5.88. The molecule has 8 nitrogen and oxygen atoms in total. The van der Waals surface area contributed by atoms with Crippen LogP contribution in [-0.2, 0) is 9.59 Å². The summed E-state index contributed by atoms with van der Waals surface area (Å²) in [6.45, 7) is 3.55. The number of fused-ring (bicyclic) bond motifs is 2. The molecular weight excluding hydrogens is 532 g/mol. The molecule has 0 aromatic heterocycles. The minimum absolute atomic E-state index is 0.0255. The van der Waals surface area contributed by atoms with Crippen molar-refractivity contribution < 1.29 is 28.5 Å². The van der Waals surface area contributed by atoms with Crippen LogP contribution in [0, 0.1) is 11.8 Å². The van der Waals surface area contributed by atoms with E-state index in [9.17, 15) is 9.59 Å². The summed E-state index contributed by atoms with van der Waals surface area (Å²) in [7, 11) is 0. The van der Waals surface area contributed by atoms with E-state index in [1.54, 1.807) is 6.08 Å². The molecule has 2 aromatic rings. The monoisotopic (exact) mass is 570 g/mol. The summed E-state index contributed by atoms with van der Waals surface area (Å²) in [5, 5.41) is 0. The van der Waals surface area contributed by atoms with Crippen LogP contribution >= 0.6 is 0 Å². The minimum Gasteiger partial charge on any atom is -0.454 e. The second-order valence-corrected chi connectivity index (χ2v) is 11.9. The first kappa shape index (κ1) is 26.9. The van der Waals surface area contributed by atoms with E-state index in [1.165, 1.54) is 0 Å². The van der Waals surface area contributed by atoms with E-state index >= 15 is 0 Å². The number of nitrogens with zero attached hydrogens (tertiary/aromatic N) is 2. The van der Waals surface area contributed by atoms with Crippen molar-refractivity contribution in [3.63, 3.8) is 0 Å². The molecule has 0 bridgehead atoms. The molecule has 0 radical (unpaired) electrons. The first-order valence-corrected chi connectivity index (χ1v) is 15.4. The fourth-order valence-electron chi connectivity index (χ4n) is 7.16. The summed E-state index contributed by atoms with van der Waals surface area (Å²) in [4.78, 5) is 31.4. The minimum atomic E-state index is -0.380. The topological polar surface area (TPSA) is 77.5 Å². The number of carbonyl (C=O) groups is 2. The Morgan fingerprint density at radius 2 is 1.24 bits per heavy atom. The van der Waals surface area contributed by atoms with Crippen molar-refractivity contribution in [3.05, 3.63) is 71.8 Å². The summed E-state index contributed by atoms with van der Waals surface area (Å²) in [6, 6.07) is 12.2. The quantitative estimate of drug-likeness (QED) is 0.354. The first-order chi connectivity index (χ1) is 20.7. The number of likely N-dealkylation sites (tertiary alicyclic amines) is 2. The second kappa shape index (κ2) is 11.7.